The molecule has 0 radical (unpaired) electrons. The lowest BCUT2D eigenvalue weighted by Gasteiger charge is -2.34. The van der Waals surface area contributed by atoms with Crippen LogP contribution in [0.25, 0.3) is 44.5 Å². The maximum absolute atomic E-state index is 10.8. The first-order valence-corrected chi connectivity index (χ1v) is 33.0. The summed E-state index contributed by atoms with van der Waals surface area (Å²) in [5.41, 5.74) is 19.7. The van der Waals surface area contributed by atoms with Gasteiger partial charge in [-0.25, -0.2) is 0 Å². The van der Waals surface area contributed by atoms with Crippen LogP contribution in [0.2, 0.25) is 0 Å². The maximum Gasteiger partial charge on any atom is 0.119 e. The molecule has 6 aromatic carbocycles. The SMILES string of the molecule is CCCCCCCCC1(CCCCCCCC)c2cc(C)ccc2-c2ccc(-c3ccc4c(c3)C(CCCCCCCC)(CCCCCCCC)c3cc(-c5ccc(OCC(O)CC(O)COc6ccc(C)cc6)cc5)ccc3-4)cc21. The molecule has 0 saturated carbocycles. The van der Waals surface area contributed by atoms with Gasteiger partial charge in [0.15, 0.2) is 0 Å². The zero-order chi connectivity index (χ0) is 56.9. The van der Waals surface area contributed by atoms with Crippen LogP contribution in [-0.2, 0) is 10.8 Å². The normalized spacial score (nSPS) is 14.3. The van der Waals surface area contributed by atoms with Crippen LogP contribution in [0.3, 0.4) is 0 Å². The Hall–Kier alpha value is -5.16. The van der Waals surface area contributed by atoms with Gasteiger partial charge >= 0.3 is 0 Å². The number of aliphatic hydroxyl groups is 2. The Morgan fingerprint density at radius 1 is 0.321 bits per heavy atom. The largest absolute Gasteiger partial charge is 0.491 e. The number of rotatable bonds is 38. The Balaban J connectivity index is 1.11. The Labute approximate surface area is 491 Å². The molecule has 4 nitrogen and oxygen atoms in total. The van der Waals surface area contributed by atoms with Crippen molar-refractivity contribution in [2.45, 2.75) is 251 Å². The van der Waals surface area contributed by atoms with Gasteiger partial charge in [0.1, 0.15) is 24.7 Å². The fourth-order valence-corrected chi connectivity index (χ4v) is 14.0. The summed E-state index contributed by atoms with van der Waals surface area (Å²) < 4.78 is 11.9. The van der Waals surface area contributed by atoms with Crippen molar-refractivity contribution >= 4 is 0 Å². The summed E-state index contributed by atoms with van der Waals surface area (Å²) in [6.07, 6.45) is 34.8. The van der Waals surface area contributed by atoms with E-state index < -0.39 is 12.2 Å². The van der Waals surface area contributed by atoms with Gasteiger partial charge in [-0.1, -0.05) is 272 Å². The molecule has 0 heterocycles. The number of aliphatic hydroxyl groups excluding tert-OH is 2. The van der Waals surface area contributed by atoms with E-state index in [2.05, 4.69) is 120 Å². The van der Waals surface area contributed by atoms with Crippen LogP contribution >= 0.6 is 0 Å². The first-order chi connectivity index (χ1) is 39.6. The molecule has 2 aliphatic rings. The monoisotopic (exact) mass is 1090 g/mol. The maximum atomic E-state index is 10.8. The standard InChI is InChI=1S/C77H104O4/c1-7-11-15-19-23-27-47-76(48-28-24-20-16-12-8-2)72-51-59(6)33-43-68(72)69-45-37-62(53-74(69)76)63-38-46-71-70-44-36-61(52-73(70)77(75(71)54-63,49-29-25-21-17-13-9-3)50-30-26-22-18-14-10-4)60-34-41-67(42-35-60)81-57-65(79)55-64(78)56-80-66-39-31-58(5)32-40-66/h31-46,51-54,64-65,78-79H,7-30,47-50,55-57H2,1-6H3. The van der Waals surface area contributed by atoms with E-state index in [1.165, 1.54) is 235 Å². The van der Waals surface area contributed by atoms with Crippen LogP contribution in [0.5, 0.6) is 11.5 Å². The number of unbranched alkanes of at least 4 members (excludes halogenated alkanes) is 20. The smallest absolute Gasteiger partial charge is 0.119 e. The summed E-state index contributed by atoms with van der Waals surface area (Å²) in [5.74, 6) is 1.41. The molecule has 4 heteroatoms. The second-order valence-corrected chi connectivity index (χ2v) is 25.1. The van der Waals surface area contributed by atoms with E-state index in [0.29, 0.717) is 11.5 Å². The topological polar surface area (TPSA) is 58.9 Å². The molecular formula is C77H104O4. The Morgan fingerprint density at radius 3 is 0.975 bits per heavy atom. The van der Waals surface area contributed by atoms with Gasteiger partial charge in [-0.05, 0) is 149 Å². The van der Waals surface area contributed by atoms with E-state index in [1.54, 1.807) is 16.7 Å². The molecule has 8 rings (SSSR count). The molecule has 0 aliphatic heterocycles. The minimum Gasteiger partial charge on any atom is -0.491 e. The average molecular weight is 1090 g/mol. The molecule has 2 atom stereocenters. The first-order valence-electron chi connectivity index (χ1n) is 33.0. The minimum atomic E-state index is -0.825. The van der Waals surface area contributed by atoms with E-state index >= 15 is 0 Å². The highest BCUT2D eigenvalue weighted by atomic mass is 16.5. The Bertz CT molecular complexity index is 2790. The quantitative estimate of drug-likeness (QED) is 0.0379. The zero-order valence-corrected chi connectivity index (χ0v) is 51.3. The Morgan fingerprint density at radius 2 is 0.605 bits per heavy atom. The molecule has 2 aliphatic carbocycles. The van der Waals surface area contributed by atoms with Gasteiger partial charge in [0.2, 0.25) is 0 Å². The Kier molecular flexibility index (Phi) is 24.1. The van der Waals surface area contributed by atoms with E-state index in [0.717, 1.165) is 5.56 Å². The van der Waals surface area contributed by atoms with Crippen molar-refractivity contribution in [1.82, 2.24) is 0 Å². The third kappa shape index (κ3) is 16.1. The van der Waals surface area contributed by atoms with Crippen molar-refractivity contribution in [3.8, 4) is 56.0 Å². The summed E-state index contributed by atoms with van der Waals surface area (Å²) in [5, 5.41) is 21.5. The van der Waals surface area contributed by atoms with Gasteiger partial charge in [0.25, 0.3) is 0 Å². The molecule has 0 bridgehead atoms. The molecule has 436 valence electrons. The molecule has 2 unspecified atom stereocenters. The van der Waals surface area contributed by atoms with Gasteiger partial charge in [0, 0.05) is 17.3 Å². The third-order valence-corrected chi connectivity index (χ3v) is 18.7. The summed E-state index contributed by atoms with van der Waals surface area (Å²) in [6, 6.07) is 46.2. The van der Waals surface area contributed by atoms with Crippen molar-refractivity contribution in [2.24, 2.45) is 0 Å². The fraction of sp³-hybridized carbons (Fsp3) is 0.532. The number of benzene rings is 6. The third-order valence-electron chi connectivity index (χ3n) is 18.7. The van der Waals surface area contributed by atoms with Crippen molar-refractivity contribution in [1.29, 1.82) is 0 Å². The first kappa shape index (κ1) is 61.9. The van der Waals surface area contributed by atoms with Gasteiger partial charge in [-0.2, -0.15) is 0 Å². The second-order valence-electron chi connectivity index (χ2n) is 25.1. The molecule has 0 fully saturated rings. The molecule has 0 spiro atoms. The van der Waals surface area contributed by atoms with Crippen LogP contribution in [0.4, 0.5) is 0 Å². The highest BCUT2D eigenvalue weighted by Gasteiger charge is 2.44. The predicted molar refractivity (Wildman–Crippen MR) is 345 cm³/mol. The van der Waals surface area contributed by atoms with E-state index in [9.17, 15) is 10.2 Å². The zero-order valence-electron chi connectivity index (χ0n) is 51.3. The summed E-state index contributed by atoms with van der Waals surface area (Å²) in [6.45, 7) is 13.9. The number of ether oxygens (including phenoxy) is 2. The van der Waals surface area contributed by atoms with Gasteiger partial charge in [0.05, 0.1) is 12.2 Å². The molecule has 0 saturated heterocycles. The van der Waals surface area contributed by atoms with Gasteiger partial charge < -0.3 is 19.7 Å². The van der Waals surface area contributed by atoms with Gasteiger partial charge in [-0.3, -0.25) is 0 Å². The highest BCUT2D eigenvalue weighted by molar-refractivity contribution is 5.88. The molecular weight excluding hydrogens is 989 g/mol. The lowest BCUT2D eigenvalue weighted by Crippen LogP contribution is -2.27. The van der Waals surface area contributed by atoms with Crippen LogP contribution in [0, 0.1) is 13.8 Å². The molecule has 0 aromatic heterocycles. The van der Waals surface area contributed by atoms with Crippen LogP contribution in [-0.4, -0.2) is 35.6 Å². The van der Waals surface area contributed by atoms with Crippen LogP contribution < -0.4 is 9.47 Å². The van der Waals surface area contributed by atoms with E-state index in [1.807, 2.05) is 43.3 Å². The lowest BCUT2D eigenvalue weighted by atomic mass is 9.69. The second kappa shape index (κ2) is 31.5. The number of fused-ring (bicyclic) bond motifs is 6. The van der Waals surface area contributed by atoms with Crippen molar-refractivity contribution in [2.75, 3.05) is 13.2 Å². The minimum absolute atomic E-state index is 0.0397. The summed E-state index contributed by atoms with van der Waals surface area (Å²) >= 11 is 0. The van der Waals surface area contributed by atoms with E-state index in [4.69, 9.17) is 9.47 Å². The van der Waals surface area contributed by atoms with Crippen LogP contribution in [0.1, 0.15) is 247 Å². The van der Waals surface area contributed by atoms with E-state index in [-0.39, 0.29) is 30.5 Å². The molecule has 0 amide bonds. The lowest BCUT2D eigenvalue weighted by molar-refractivity contribution is 0.0284. The number of aryl methyl sites for hydroxylation is 2. The van der Waals surface area contributed by atoms with Crippen molar-refractivity contribution in [3.63, 3.8) is 0 Å². The molecule has 2 N–H and O–H groups in total. The highest BCUT2D eigenvalue weighted by Crippen LogP contribution is 2.58. The number of hydrogen-bond donors (Lipinski definition) is 2. The predicted octanol–water partition coefficient (Wildman–Crippen LogP) is 21.7. The van der Waals surface area contributed by atoms with Crippen molar-refractivity contribution < 1.29 is 19.7 Å². The van der Waals surface area contributed by atoms with Crippen molar-refractivity contribution in [3.05, 3.63) is 155 Å². The summed E-state index contributed by atoms with van der Waals surface area (Å²) in [7, 11) is 0. The molecule has 6 aromatic rings. The average Bonchev–Trinajstić information content (AvgIpc) is 2.54. The van der Waals surface area contributed by atoms with Crippen LogP contribution in [0.15, 0.2) is 121 Å². The number of hydrogen-bond acceptors (Lipinski definition) is 4. The summed E-state index contributed by atoms with van der Waals surface area (Å²) in [4.78, 5) is 0. The fourth-order valence-electron chi connectivity index (χ4n) is 14.0. The van der Waals surface area contributed by atoms with Gasteiger partial charge in [-0.15, -0.1) is 0 Å². The molecule has 81 heavy (non-hydrogen) atoms.